The lowest BCUT2D eigenvalue weighted by Crippen LogP contribution is -2.23. The molecule has 0 radical (unpaired) electrons. The number of thioether (sulfide) groups is 1. The maximum Gasteiger partial charge on any atom is 0.326 e. The third kappa shape index (κ3) is 4.45. The minimum absolute atomic E-state index is 0.0162. The first-order valence-corrected chi connectivity index (χ1v) is 10.7. The molecule has 8 heteroatoms. The number of benzene rings is 2. The molecule has 2 aromatic carbocycles. The van der Waals surface area contributed by atoms with Crippen LogP contribution in [0, 0.1) is 0 Å². The van der Waals surface area contributed by atoms with Gasteiger partial charge in [0, 0.05) is 10.5 Å². The number of rotatable bonds is 6. The monoisotopic (exact) mass is 416 g/mol. The van der Waals surface area contributed by atoms with Crippen LogP contribution in [0.2, 0.25) is 0 Å². The molecule has 0 aliphatic heterocycles. The zero-order chi connectivity index (χ0) is 20.1. The molecule has 0 unspecified atom stereocenters. The Balaban J connectivity index is 2.07. The van der Waals surface area contributed by atoms with Crippen LogP contribution in [0.3, 0.4) is 0 Å². The number of methoxy groups -OCH3 is 1. The van der Waals surface area contributed by atoms with Crippen LogP contribution in [-0.2, 0) is 16.1 Å². The quantitative estimate of drug-likeness (QED) is 0.452. The normalized spacial score (nSPS) is 11.6. The van der Waals surface area contributed by atoms with Crippen LogP contribution in [0.4, 0.5) is 0 Å². The molecule has 146 valence electrons. The fourth-order valence-electron chi connectivity index (χ4n) is 2.64. The van der Waals surface area contributed by atoms with Crippen molar-refractivity contribution in [2.24, 2.45) is 4.99 Å². The molecule has 3 aromatic rings. The van der Waals surface area contributed by atoms with Gasteiger partial charge in [-0.05, 0) is 55.6 Å². The fraction of sp³-hybridized carbons (Fsp3) is 0.250. The van der Waals surface area contributed by atoms with E-state index >= 15 is 0 Å². The van der Waals surface area contributed by atoms with E-state index < -0.39 is 0 Å². The first-order valence-electron chi connectivity index (χ1n) is 8.61. The van der Waals surface area contributed by atoms with E-state index in [4.69, 9.17) is 9.47 Å². The molecule has 0 spiro atoms. The highest BCUT2D eigenvalue weighted by atomic mass is 32.2. The highest BCUT2D eigenvalue weighted by molar-refractivity contribution is 7.98. The molecule has 0 aliphatic carbocycles. The zero-order valence-corrected chi connectivity index (χ0v) is 17.4. The lowest BCUT2D eigenvalue weighted by molar-refractivity contribution is -0.143. The summed E-state index contributed by atoms with van der Waals surface area (Å²) in [7, 11) is 1.59. The van der Waals surface area contributed by atoms with Gasteiger partial charge in [-0.2, -0.15) is 4.99 Å². The summed E-state index contributed by atoms with van der Waals surface area (Å²) in [5, 5.41) is 0. The molecule has 0 aliphatic rings. The fourth-order valence-corrected chi connectivity index (χ4v) is 4.10. The Morgan fingerprint density at radius 1 is 1.18 bits per heavy atom. The van der Waals surface area contributed by atoms with E-state index in [1.165, 1.54) is 11.3 Å². The van der Waals surface area contributed by atoms with Gasteiger partial charge in [0.15, 0.2) is 4.80 Å². The van der Waals surface area contributed by atoms with Crippen LogP contribution < -0.4 is 9.54 Å². The Morgan fingerprint density at radius 2 is 1.93 bits per heavy atom. The van der Waals surface area contributed by atoms with Crippen molar-refractivity contribution in [2.75, 3.05) is 20.0 Å². The number of thiazole rings is 1. The minimum Gasteiger partial charge on any atom is -0.497 e. The Morgan fingerprint density at radius 3 is 2.57 bits per heavy atom. The second kappa shape index (κ2) is 9.07. The number of amides is 1. The molecule has 3 rings (SSSR count). The van der Waals surface area contributed by atoms with Crippen LogP contribution in [0.15, 0.2) is 52.4 Å². The van der Waals surface area contributed by atoms with E-state index in [2.05, 4.69) is 4.99 Å². The molecule has 0 N–H and O–H groups in total. The number of esters is 1. The van der Waals surface area contributed by atoms with Gasteiger partial charge in [0.05, 0.1) is 23.9 Å². The summed E-state index contributed by atoms with van der Waals surface area (Å²) in [6.07, 6.45) is 1.98. The third-order valence-corrected chi connectivity index (χ3v) is 5.80. The van der Waals surface area contributed by atoms with E-state index in [-0.39, 0.29) is 18.4 Å². The number of nitrogens with zero attached hydrogens (tertiary/aromatic N) is 2. The Bertz CT molecular complexity index is 1070. The van der Waals surface area contributed by atoms with Gasteiger partial charge in [0.2, 0.25) is 0 Å². The highest BCUT2D eigenvalue weighted by Crippen LogP contribution is 2.23. The number of aromatic nitrogens is 1. The van der Waals surface area contributed by atoms with Crippen LogP contribution in [0.1, 0.15) is 17.3 Å². The van der Waals surface area contributed by atoms with Crippen LogP contribution >= 0.6 is 23.1 Å². The largest absolute Gasteiger partial charge is 0.497 e. The van der Waals surface area contributed by atoms with E-state index in [1.807, 2.05) is 36.6 Å². The van der Waals surface area contributed by atoms with Gasteiger partial charge in [-0.3, -0.25) is 9.59 Å². The lowest BCUT2D eigenvalue weighted by Gasteiger charge is -2.05. The van der Waals surface area contributed by atoms with Crippen molar-refractivity contribution in [2.45, 2.75) is 18.4 Å². The molecule has 0 atom stereocenters. The topological polar surface area (TPSA) is 69.9 Å². The molecule has 6 nitrogen and oxygen atoms in total. The first-order chi connectivity index (χ1) is 13.5. The van der Waals surface area contributed by atoms with Crippen molar-refractivity contribution >= 4 is 45.2 Å². The summed E-state index contributed by atoms with van der Waals surface area (Å²) in [5.74, 6) is -0.0393. The summed E-state index contributed by atoms with van der Waals surface area (Å²) in [6, 6.07) is 12.8. The van der Waals surface area contributed by atoms with Crippen molar-refractivity contribution in [3.8, 4) is 5.75 Å². The standard InChI is InChI=1S/C20H20N2O4S2/c1-4-26-18(23)12-22-16-10-7-14(25-2)11-17(16)28-20(22)21-19(24)13-5-8-15(27-3)9-6-13/h5-11H,4,12H2,1-3H3. The van der Waals surface area contributed by atoms with E-state index in [0.717, 1.165) is 15.1 Å². The Labute approximate surface area is 170 Å². The lowest BCUT2D eigenvalue weighted by atomic mass is 10.2. The maximum atomic E-state index is 12.7. The number of carbonyl (C=O) groups is 2. The minimum atomic E-state index is -0.378. The molecule has 1 amide bonds. The summed E-state index contributed by atoms with van der Waals surface area (Å²) < 4.78 is 12.9. The molecular formula is C20H20N2O4S2. The van der Waals surface area contributed by atoms with Gasteiger partial charge >= 0.3 is 5.97 Å². The summed E-state index contributed by atoms with van der Waals surface area (Å²) in [4.78, 5) is 30.5. The van der Waals surface area contributed by atoms with E-state index in [1.54, 1.807) is 42.5 Å². The highest BCUT2D eigenvalue weighted by Gasteiger charge is 2.13. The number of carbonyl (C=O) groups excluding carboxylic acids is 2. The first kappa shape index (κ1) is 20.2. The van der Waals surface area contributed by atoms with Gasteiger partial charge in [-0.1, -0.05) is 11.3 Å². The van der Waals surface area contributed by atoms with Gasteiger partial charge in [0.1, 0.15) is 12.3 Å². The predicted octanol–water partition coefficient (Wildman–Crippen LogP) is 3.74. The second-order valence-electron chi connectivity index (χ2n) is 5.75. The molecular weight excluding hydrogens is 396 g/mol. The van der Waals surface area contributed by atoms with Crippen molar-refractivity contribution < 1.29 is 19.1 Å². The average Bonchev–Trinajstić information content (AvgIpc) is 3.04. The molecule has 28 heavy (non-hydrogen) atoms. The van der Waals surface area contributed by atoms with Crippen molar-refractivity contribution in [3.63, 3.8) is 0 Å². The third-order valence-electron chi connectivity index (χ3n) is 4.02. The van der Waals surface area contributed by atoms with Crippen molar-refractivity contribution in [3.05, 3.63) is 52.8 Å². The van der Waals surface area contributed by atoms with Crippen LogP contribution in [0.5, 0.6) is 5.75 Å². The van der Waals surface area contributed by atoms with Gasteiger partial charge in [-0.15, -0.1) is 11.8 Å². The molecule has 0 saturated carbocycles. The van der Waals surface area contributed by atoms with E-state index in [9.17, 15) is 9.59 Å². The predicted molar refractivity (Wildman–Crippen MR) is 111 cm³/mol. The smallest absolute Gasteiger partial charge is 0.326 e. The van der Waals surface area contributed by atoms with Crippen LogP contribution in [0.25, 0.3) is 10.2 Å². The zero-order valence-electron chi connectivity index (χ0n) is 15.8. The summed E-state index contributed by atoms with van der Waals surface area (Å²) in [5.41, 5.74) is 1.29. The van der Waals surface area contributed by atoms with Crippen molar-refractivity contribution in [1.29, 1.82) is 0 Å². The van der Waals surface area contributed by atoms with Crippen molar-refractivity contribution in [1.82, 2.24) is 4.57 Å². The number of ether oxygens (including phenoxy) is 2. The summed E-state index contributed by atoms with van der Waals surface area (Å²) >= 11 is 2.93. The Hall–Kier alpha value is -2.58. The Kier molecular flexibility index (Phi) is 6.53. The molecule has 1 heterocycles. The van der Waals surface area contributed by atoms with Gasteiger partial charge in [0.25, 0.3) is 5.91 Å². The molecule has 0 fully saturated rings. The van der Waals surface area contributed by atoms with E-state index in [0.29, 0.717) is 22.7 Å². The molecule has 0 saturated heterocycles. The number of fused-ring (bicyclic) bond motifs is 1. The second-order valence-corrected chi connectivity index (χ2v) is 7.64. The van der Waals surface area contributed by atoms with Crippen LogP contribution in [-0.4, -0.2) is 36.4 Å². The number of hydrogen-bond acceptors (Lipinski definition) is 6. The average molecular weight is 417 g/mol. The number of hydrogen-bond donors (Lipinski definition) is 0. The SMILES string of the molecule is CCOC(=O)Cn1c(=NC(=O)c2ccc(SC)cc2)sc2cc(OC)ccc21. The summed E-state index contributed by atoms with van der Waals surface area (Å²) in [6.45, 7) is 2.03. The molecule has 1 aromatic heterocycles. The van der Waals surface area contributed by atoms with Gasteiger partial charge in [-0.25, -0.2) is 0 Å². The maximum absolute atomic E-state index is 12.7. The molecule has 0 bridgehead atoms. The van der Waals surface area contributed by atoms with Gasteiger partial charge < -0.3 is 14.0 Å².